The van der Waals surface area contributed by atoms with Gasteiger partial charge in [-0.25, -0.2) is 4.39 Å². The number of ether oxygens (including phenoxy) is 1. The van der Waals surface area contributed by atoms with Gasteiger partial charge in [0, 0.05) is 21.1 Å². The van der Waals surface area contributed by atoms with E-state index >= 15 is 0 Å². The lowest BCUT2D eigenvalue weighted by atomic mass is 9.99. The Morgan fingerprint density at radius 2 is 2.05 bits per heavy atom. The van der Waals surface area contributed by atoms with Crippen molar-refractivity contribution >= 4 is 27.5 Å². The highest BCUT2D eigenvalue weighted by atomic mass is 79.9. The van der Waals surface area contributed by atoms with E-state index in [2.05, 4.69) is 15.9 Å². The molecular formula is C15H14BrClFNO. The van der Waals surface area contributed by atoms with Gasteiger partial charge < -0.3 is 10.5 Å². The van der Waals surface area contributed by atoms with Gasteiger partial charge in [0.25, 0.3) is 0 Å². The van der Waals surface area contributed by atoms with Gasteiger partial charge in [-0.05, 0) is 42.3 Å². The Labute approximate surface area is 130 Å². The van der Waals surface area contributed by atoms with E-state index in [0.29, 0.717) is 17.0 Å². The number of halogens is 3. The lowest BCUT2D eigenvalue weighted by Crippen LogP contribution is -2.15. The highest BCUT2D eigenvalue weighted by Crippen LogP contribution is 2.28. The van der Waals surface area contributed by atoms with E-state index in [1.54, 1.807) is 19.2 Å². The first-order chi connectivity index (χ1) is 9.51. The monoisotopic (exact) mass is 357 g/mol. The summed E-state index contributed by atoms with van der Waals surface area (Å²) in [6, 6.07) is 9.71. The molecule has 106 valence electrons. The van der Waals surface area contributed by atoms with Crippen molar-refractivity contribution in [1.82, 2.24) is 0 Å². The zero-order chi connectivity index (χ0) is 14.7. The van der Waals surface area contributed by atoms with Crippen LogP contribution in [-0.2, 0) is 6.42 Å². The summed E-state index contributed by atoms with van der Waals surface area (Å²) in [4.78, 5) is 0. The van der Waals surface area contributed by atoms with Crippen LogP contribution in [0.5, 0.6) is 5.75 Å². The largest absolute Gasteiger partial charge is 0.497 e. The number of nitrogens with two attached hydrogens (primary N) is 1. The van der Waals surface area contributed by atoms with E-state index in [1.807, 2.05) is 18.2 Å². The Kier molecular flexibility index (Phi) is 5.02. The van der Waals surface area contributed by atoms with Crippen LogP contribution in [0.2, 0.25) is 5.02 Å². The minimum Gasteiger partial charge on any atom is -0.497 e. The Morgan fingerprint density at radius 1 is 1.30 bits per heavy atom. The minimum atomic E-state index is -0.448. The van der Waals surface area contributed by atoms with E-state index in [-0.39, 0.29) is 5.82 Å². The minimum absolute atomic E-state index is 0.362. The van der Waals surface area contributed by atoms with E-state index in [0.717, 1.165) is 15.8 Å². The van der Waals surface area contributed by atoms with Crippen LogP contribution in [0.25, 0.3) is 0 Å². The standard InChI is InChI=1S/C15H14BrClFNO/c1-20-11-3-5-13(16)9(6-11)7-15(19)12-4-2-10(17)8-14(12)18/h2-6,8,15H,7,19H2,1H3. The SMILES string of the molecule is COc1ccc(Br)c(CC(N)c2ccc(Cl)cc2F)c1. The second-order valence-electron chi connectivity index (χ2n) is 4.43. The molecule has 0 radical (unpaired) electrons. The van der Waals surface area contributed by atoms with Crippen molar-refractivity contribution in [2.75, 3.05) is 7.11 Å². The van der Waals surface area contributed by atoms with E-state index in [9.17, 15) is 4.39 Å². The number of hydrogen-bond donors (Lipinski definition) is 1. The van der Waals surface area contributed by atoms with Crippen LogP contribution in [-0.4, -0.2) is 7.11 Å². The van der Waals surface area contributed by atoms with Gasteiger partial charge in [0.2, 0.25) is 0 Å². The van der Waals surface area contributed by atoms with Gasteiger partial charge in [0.15, 0.2) is 0 Å². The van der Waals surface area contributed by atoms with Crippen molar-refractivity contribution in [3.8, 4) is 5.75 Å². The Morgan fingerprint density at radius 3 is 2.70 bits per heavy atom. The smallest absolute Gasteiger partial charge is 0.129 e. The summed E-state index contributed by atoms with van der Waals surface area (Å²) < 4.78 is 20.0. The second-order valence-corrected chi connectivity index (χ2v) is 5.72. The fraction of sp³-hybridized carbons (Fsp3) is 0.200. The van der Waals surface area contributed by atoms with Crippen LogP contribution in [0.1, 0.15) is 17.2 Å². The average molecular weight is 359 g/mol. The maximum atomic E-state index is 13.8. The van der Waals surface area contributed by atoms with Gasteiger partial charge in [-0.2, -0.15) is 0 Å². The molecule has 5 heteroatoms. The van der Waals surface area contributed by atoms with E-state index in [1.165, 1.54) is 6.07 Å². The van der Waals surface area contributed by atoms with Crippen molar-refractivity contribution in [3.63, 3.8) is 0 Å². The van der Waals surface area contributed by atoms with Crippen molar-refractivity contribution < 1.29 is 9.13 Å². The lowest BCUT2D eigenvalue weighted by Gasteiger charge is -2.15. The van der Waals surface area contributed by atoms with Gasteiger partial charge in [0.1, 0.15) is 11.6 Å². The zero-order valence-corrected chi connectivity index (χ0v) is 13.2. The van der Waals surface area contributed by atoms with Gasteiger partial charge in [-0.3, -0.25) is 0 Å². The first-order valence-electron chi connectivity index (χ1n) is 6.04. The summed E-state index contributed by atoms with van der Waals surface area (Å²) in [5.41, 5.74) is 7.51. The molecule has 2 N–H and O–H groups in total. The first-order valence-corrected chi connectivity index (χ1v) is 7.21. The van der Waals surface area contributed by atoms with Crippen LogP contribution in [0.15, 0.2) is 40.9 Å². The first kappa shape index (κ1) is 15.3. The third-order valence-electron chi connectivity index (χ3n) is 3.05. The third kappa shape index (κ3) is 3.51. The normalized spacial score (nSPS) is 12.2. The molecule has 2 rings (SSSR count). The van der Waals surface area contributed by atoms with Crippen molar-refractivity contribution in [2.24, 2.45) is 5.73 Å². The molecule has 0 saturated heterocycles. The Bertz CT molecular complexity index is 621. The molecule has 20 heavy (non-hydrogen) atoms. The molecule has 0 fully saturated rings. The maximum absolute atomic E-state index is 13.8. The molecule has 0 aromatic heterocycles. The topological polar surface area (TPSA) is 35.2 Å². The molecule has 0 amide bonds. The van der Waals surface area contributed by atoms with Crippen molar-refractivity contribution in [2.45, 2.75) is 12.5 Å². The molecular weight excluding hydrogens is 345 g/mol. The highest BCUT2D eigenvalue weighted by molar-refractivity contribution is 9.10. The van der Waals surface area contributed by atoms with Crippen LogP contribution in [0.4, 0.5) is 4.39 Å². The molecule has 0 heterocycles. The number of methoxy groups -OCH3 is 1. The summed E-state index contributed by atoms with van der Waals surface area (Å²) in [7, 11) is 1.60. The summed E-state index contributed by atoms with van der Waals surface area (Å²) in [5.74, 6) is 0.357. The molecule has 0 bridgehead atoms. The molecule has 2 aromatic rings. The second kappa shape index (κ2) is 6.57. The number of hydrogen-bond acceptors (Lipinski definition) is 2. The number of benzene rings is 2. The summed E-state index contributed by atoms with van der Waals surface area (Å²) in [6.45, 7) is 0. The summed E-state index contributed by atoms with van der Waals surface area (Å²) in [5, 5.41) is 0.362. The van der Waals surface area contributed by atoms with E-state index < -0.39 is 6.04 Å². The zero-order valence-electron chi connectivity index (χ0n) is 10.9. The third-order valence-corrected chi connectivity index (χ3v) is 4.06. The van der Waals surface area contributed by atoms with Gasteiger partial charge in [-0.15, -0.1) is 0 Å². The summed E-state index contributed by atoms with van der Waals surface area (Å²) >= 11 is 9.21. The molecule has 0 aliphatic carbocycles. The van der Waals surface area contributed by atoms with Crippen LogP contribution in [0, 0.1) is 5.82 Å². The fourth-order valence-electron chi connectivity index (χ4n) is 1.98. The molecule has 1 atom stereocenters. The van der Waals surface area contributed by atoms with Crippen molar-refractivity contribution in [1.29, 1.82) is 0 Å². The van der Waals surface area contributed by atoms with E-state index in [4.69, 9.17) is 22.1 Å². The van der Waals surface area contributed by atoms with Gasteiger partial charge in [-0.1, -0.05) is 33.6 Å². The van der Waals surface area contributed by atoms with Crippen LogP contribution in [0.3, 0.4) is 0 Å². The molecule has 0 aliphatic heterocycles. The Hall–Kier alpha value is -1.10. The average Bonchev–Trinajstić information content (AvgIpc) is 2.41. The maximum Gasteiger partial charge on any atom is 0.129 e. The Balaban J connectivity index is 2.25. The van der Waals surface area contributed by atoms with Crippen molar-refractivity contribution in [3.05, 3.63) is 62.8 Å². The predicted octanol–water partition coefficient (Wildman–Crippen LogP) is 4.49. The van der Waals surface area contributed by atoms with Crippen LogP contribution < -0.4 is 10.5 Å². The molecule has 2 aromatic carbocycles. The number of rotatable bonds is 4. The predicted molar refractivity (Wildman–Crippen MR) is 82.7 cm³/mol. The lowest BCUT2D eigenvalue weighted by molar-refractivity contribution is 0.414. The van der Waals surface area contributed by atoms with Crippen LogP contribution >= 0.6 is 27.5 Å². The molecule has 2 nitrogen and oxygen atoms in total. The molecule has 0 aliphatic rings. The van der Waals surface area contributed by atoms with Gasteiger partial charge >= 0.3 is 0 Å². The molecule has 1 unspecified atom stereocenters. The highest BCUT2D eigenvalue weighted by Gasteiger charge is 2.14. The summed E-state index contributed by atoms with van der Waals surface area (Å²) in [6.07, 6.45) is 0.496. The quantitative estimate of drug-likeness (QED) is 0.874. The molecule has 0 spiro atoms. The molecule has 0 saturated carbocycles. The fourth-order valence-corrected chi connectivity index (χ4v) is 2.55. The van der Waals surface area contributed by atoms with Gasteiger partial charge in [0.05, 0.1) is 7.11 Å².